The summed E-state index contributed by atoms with van der Waals surface area (Å²) in [6.45, 7) is 6.59. The minimum absolute atomic E-state index is 0.833. The molecule has 1 rings (SSSR count). The van der Waals surface area contributed by atoms with Crippen LogP contribution in [-0.2, 0) is 4.79 Å². The van der Waals surface area contributed by atoms with Gasteiger partial charge >= 0.3 is 5.97 Å². The minimum atomic E-state index is -0.981. The molecule has 3 nitrogen and oxygen atoms in total. The van der Waals surface area contributed by atoms with Crippen LogP contribution in [-0.4, -0.2) is 25.2 Å². The van der Waals surface area contributed by atoms with E-state index in [1.165, 1.54) is 5.56 Å². The van der Waals surface area contributed by atoms with Crippen LogP contribution in [0.4, 0.5) is 0 Å². The van der Waals surface area contributed by atoms with Gasteiger partial charge in [-0.1, -0.05) is 49.6 Å². The topological polar surface area (TPSA) is 49.3 Å². The minimum Gasteiger partial charge on any atom is -0.478 e. The molecule has 0 fully saturated rings. The van der Waals surface area contributed by atoms with Crippen molar-refractivity contribution >= 4 is 12.0 Å². The zero-order chi connectivity index (χ0) is 12.8. The second-order valence-electron chi connectivity index (χ2n) is 2.66. The maximum absolute atomic E-state index is 9.25. The summed E-state index contributed by atoms with van der Waals surface area (Å²) in [6, 6.07) is 10.0. The van der Waals surface area contributed by atoms with Crippen molar-refractivity contribution in [2.45, 2.75) is 0 Å². The third kappa shape index (κ3) is 14.6. The Hall–Kier alpha value is -1.87. The van der Waals surface area contributed by atoms with Gasteiger partial charge in [0.25, 0.3) is 0 Å². The van der Waals surface area contributed by atoms with E-state index in [1.54, 1.807) is 0 Å². The van der Waals surface area contributed by atoms with E-state index in [9.17, 15) is 4.79 Å². The molecular formula is C13H19NO2. The molecule has 0 bridgehead atoms. The molecule has 0 aliphatic carbocycles. The van der Waals surface area contributed by atoms with Crippen molar-refractivity contribution in [2.75, 3.05) is 14.1 Å². The predicted molar refractivity (Wildman–Crippen MR) is 69.3 cm³/mol. The Balaban J connectivity index is 0. The van der Waals surface area contributed by atoms with Gasteiger partial charge in [0.1, 0.15) is 0 Å². The van der Waals surface area contributed by atoms with E-state index in [0.717, 1.165) is 6.08 Å². The molecule has 0 saturated carbocycles. The maximum Gasteiger partial charge on any atom is 0.327 e. The standard InChI is InChI=1S/C8H8.C3H4O2.C2H7N/c1-2-8-6-4-3-5-7-8;1-2-3(4)5;1-3-2/h2-7H,1H2;2H,1H2,(H,4,5);3H,1-2H3. The molecule has 0 aliphatic rings. The van der Waals surface area contributed by atoms with Crippen molar-refractivity contribution in [1.82, 2.24) is 5.32 Å². The van der Waals surface area contributed by atoms with Crippen molar-refractivity contribution in [3.63, 3.8) is 0 Å². The van der Waals surface area contributed by atoms with Gasteiger partial charge in [0.05, 0.1) is 0 Å². The molecule has 0 saturated heterocycles. The van der Waals surface area contributed by atoms with Gasteiger partial charge in [0.2, 0.25) is 0 Å². The first-order valence-electron chi connectivity index (χ1n) is 4.73. The summed E-state index contributed by atoms with van der Waals surface area (Å²) in [4.78, 5) is 9.25. The van der Waals surface area contributed by atoms with Crippen LogP contribution >= 0.6 is 0 Å². The fraction of sp³-hybridized carbons (Fsp3) is 0.154. The van der Waals surface area contributed by atoms with E-state index in [2.05, 4.69) is 18.5 Å². The molecule has 2 N–H and O–H groups in total. The number of aliphatic carboxylic acids is 1. The SMILES string of the molecule is C=CC(=O)O.C=Cc1ccccc1.CNC. The molecule has 88 valence electrons. The lowest BCUT2D eigenvalue weighted by atomic mass is 10.2. The first kappa shape index (κ1) is 16.6. The second kappa shape index (κ2) is 13.1. The summed E-state index contributed by atoms with van der Waals surface area (Å²) in [6.07, 6.45) is 2.67. The molecule has 16 heavy (non-hydrogen) atoms. The molecule has 0 spiro atoms. The molecule has 1 aromatic rings. The van der Waals surface area contributed by atoms with Crippen molar-refractivity contribution in [1.29, 1.82) is 0 Å². The fourth-order valence-electron chi connectivity index (χ4n) is 0.589. The van der Waals surface area contributed by atoms with Crippen LogP contribution in [0.2, 0.25) is 0 Å². The van der Waals surface area contributed by atoms with E-state index >= 15 is 0 Å². The monoisotopic (exact) mass is 221 g/mol. The molecule has 0 atom stereocenters. The van der Waals surface area contributed by atoms with Gasteiger partial charge in [-0.15, -0.1) is 0 Å². The van der Waals surface area contributed by atoms with Crippen LogP contribution in [0.1, 0.15) is 5.56 Å². The Bertz CT molecular complexity index is 294. The van der Waals surface area contributed by atoms with Crippen LogP contribution in [0.15, 0.2) is 49.6 Å². The normalized spacial score (nSPS) is 7.38. The average Bonchev–Trinajstić information content (AvgIpc) is 2.32. The summed E-state index contributed by atoms with van der Waals surface area (Å²) in [5.41, 5.74) is 1.17. The Morgan fingerprint density at radius 2 is 1.62 bits per heavy atom. The van der Waals surface area contributed by atoms with Crippen LogP contribution < -0.4 is 5.32 Å². The number of rotatable bonds is 2. The lowest BCUT2D eigenvalue weighted by molar-refractivity contribution is -0.131. The average molecular weight is 221 g/mol. The van der Waals surface area contributed by atoms with Crippen molar-refractivity contribution in [2.24, 2.45) is 0 Å². The van der Waals surface area contributed by atoms with E-state index in [1.807, 2.05) is 50.5 Å². The number of benzene rings is 1. The lowest BCUT2D eigenvalue weighted by Gasteiger charge is -1.85. The third-order valence-corrected chi connectivity index (χ3v) is 1.21. The second-order valence-corrected chi connectivity index (χ2v) is 2.66. The van der Waals surface area contributed by atoms with Gasteiger partial charge in [0.15, 0.2) is 0 Å². The molecule has 0 radical (unpaired) electrons. The smallest absolute Gasteiger partial charge is 0.327 e. The maximum atomic E-state index is 9.25. The van der Waals surface area contributed by atoms with E-state index < -0.39 is 5.97 Å². The highest BCUT2D eigenvalue weighted by atomic mass is 16.4. The van der Waals surface area contributed by atoms with Gasteiger partial charge in [0, 0.05) is 6.08 Å². The molecular weight excluding hydrogens is 202 g/mol. The van der Waals surface area contributed by atoms with E-state index in [-0.39, 0.29) is 0 Å². The number of hydrogen-bond acceptors (Lipinski definition) is 2. The summed E-state index contributed by atoms with van der Waals surface area (Å²) in [5.74, 6) is -0.981. The molecule has 0 aliphatic heterocycles. The first-order valence-corrected chi connectivity index (χ1v) is 4.73. The van der Waals surface area contributed by atoms with E-state index in [0.29, 0.717) is 0 Å². The molecule has 0 aromatic heterocycles. The summed E-state index contributed by atoms with van der Waals surface area (Å²) < 4.78 is 0. The first-order chi connectivity index (χ1) is 7.62. The van der Waals surface area contributed by atoms with Crippen LogP contribution in [0, 0.1) is 0 Å². The Morgan fingerprint density at radius 3 is 1.81 bits per heavy atom. The van der Waals surface area contributed by atoms with Crippen LogP contribution in [0.25, 0.3) is 6.08 Å². The highest BCUT2D eigenvalue weighted by Gasteiger charge is 1.75. The number of carbonyl (C=O) groups is 1. The van der Waals surface area contributed by atoms with Crippen LogP contribution in [0.3, 0.4) is 0 Å². The number of nitrogens with one attached hydrogen (secondary N) is 1. The summed E-state index contributed by atoms with van der Waals surface area (Å²) in [7, 11) is 3.75. The summed E-state index contributed by atoms with van der Waals surface area (Å²) in [5, 5.41) is 10.4. The highest BCUT2D eigenvalue weighted by Crippen LogP contribution is 1.97. The highest BCUT2D eigenvalue weighted by molar-refractivity contribution is 5.78. The van der Waals surface area contributed by atoms with Crippen molar-refractivity contribution in [3.05, 3.63) is 55.1 Å². The predicted octanol–water partition coefficient (Wildman–Crippen LogP) is 2.42. The molecule has 1 aromatic carbocycles. The quantitative estimate of drug-likeness (QED) is 0.754. The zero-order valence-electron chi connectivity index (χ0n) is 9.81. The largest absolute Gasteiger partial charge is 0.478 e. The van der Waals surface area contributed by atoms with Gasteiger partial charge in [-0.25, -0.2) is 4.79 Å². The van der Waals surface area contributed by atoms with Gasteiger partial charge in [-0.3, -0.25) is 0 Å². The van der Waals surface area contributed by atoms with Gasteiger partial charge in [-0.05, 0) is 19.7 Å². The Kier molecular flexibility index (Phi) is 13.6. The Labute approximate surface area is 97.1 Å². The summed E-state index contributed by atoms with van der Waals surface area (Å²) >= 11 is 0. The third-order valence-electron chi connectivity index (χ3n) is 1.21. The molecule has 3 heteroatoms. The molecule has 0 unspecified atom stereocenters. The Morgan fingerprint density at radius 1 is 1.25 bits per heavy atom. The van der Waals surface area contributed by atoms with Crippen molar-refractivity contribution in [3.8, 4) is 0 Å². The zero-order valence-corrected chi connectivity index (χ0v) is 9.81. The van der Waals surface area contributed by atoms with Crippen LogP contribution in [0.5, 0.6) is 0 Å². The number of carboxylic acids is 1. The molecule has 0 amide bonds. The van der Waals surface area contributed by atoms with E-state index in [4.69, 9.17) is 5.11 Å². The fourth-order valence-corrected chi connectivity index (χ4v) is 0.589. The van der Waals surface area contributed by atoms with Gasteiger partial charge < -0.3 is 10.4 Å². The van der Waals surface area contributed by atoms with Gasteiger partial charge in [-0.2, -0.15) is 0 Å². The molecule has 0 heterocycles. The van der Waals surface area contributed by atoms with Crippen molar-refractivity contribution < 1.29 is 9.90 Å². The number of hydrogen-bond donors (Lipinski definition) is 2. The number of carboxylic acid groups (broad SMARTS) is 1. The lowest BCUT2D eigenvalue weighted by Crippen LogP contribution is -1.89.